The van der Waals surface area contributed by atoms with Crippen molar-refractivity contribution in [3.05, 3.63) is 0 Å². The highest BCUT2D eigenvalue weighted by Crippen LogP contribution is 2.11. The smallest absolute Gasteiger partial charge is 0.214 e. The molecule has 0 aromatic rings. The maximum atomic E-state index is 11.4. The van der Waals surface area contributed by atoms with Crippen LogP contribution >= 0.6 is 0 Å². The van der Waals surface area contributed by atoms with Gasteiger partial charge in [-0.15, -0.1) is 0 Å². The van der Waals surface area contributed by atoms with Crippen molar-refractivity contribution in [3.63, 3.8) is 0 Å². The number of rotatable bonds is 6. The Kier molecular flexibility index (Phi) is 4.84. The molecule has 0 amide bonds. The first-order valence-electron chi connectivity index (χ1n) is 5.35. The Morgan fingerprint density at radius 2 is 2.14 bits per heavy atom. The van der Waals surface area contributed by atoms with E-state index in [0.717, 1.165) is 25.9 Å². The van der Waals surface area contributed by atoms with Crippen molar-refractivity contribution >= 4 is 10.0 Å². The second-order valence-electron chi connectivity index (χ2n) is 3.67. The van der Waals surface area contributed by atoms with E-state index >= 15 is 0 Å². The minimum Gasteiger partial charge on any atom is -0.315 e. The second kappa shape index (κ2) is 5.68. The van der Waals surface area contributed by atoms with E-state index < -0.39 is 10.0 Å². The van der Waals surface area contributed by atoms with Crippen LogP contribution in [0.15, 0.2) is 0 Å². The third-order valence-electron chi connectivity index (χ3n) is 2.45. The molecule has 0 aliphatic carbocycles. The number of nitrogens with zero attached hydrogens (tertiary/aromatic N) is 1. The molecule has 0 bridgehead atoms. The molecule has 1 rings (SSSR count). The highest BCUT2D eigenvalue weighted by atomic mass is 32.2. The fourth-order valence-electron chi connectivity index (χ4n) is 1.57. The van der Waals surface area contributed by atoms with Crippen LogP contribution in [0.25, 0.3) is 0 Å². The van der Waals surface area contributed by atoms with Crippen molar-refractivity contribution in [1.82, 2.24) is 9.62 Å². The number of hydrogen-bond donors (Lipinski definition) is 1. The van der Waals surface area contributed by atoms with E-state index in [9.17, 15) is 8.42 Å². The molecule has 0 aromatic carbocycles. The topological polar surface area (TPSA) is 49.4 Å². The zero-order chi connectivity index (χ0) is 10.4. The monoisotopic (exact) mass is 220 g/mol. The first-order chi connectivity index (χ1) is 6.67. The summed E-state index contributed by atoms with van der Waals surface area (Å²) in [5.41, 5.74) is 0. The lowest BCUT2D eigenvalue weighted by atomic mass is 10.3. The fraction of sp³-hybridized carbons (Fsp3) is 1.00. The average Bonchev–Trinajstić information content (AvgIpc) is 2.45. The zero-order valence-electron chi connectivity index (χ0n) is 8.83. The minimum absolute atomic E-state index is 0.335. The molecule has 1 saturated heterocycles. The summed E-state index contributed by atoms with van der Waals surface area (Å²) >= 11 is 0. The molecule has 5 heteroatoms. The molecule has 0 saturated carbocycles. The lowest BCUT2D eigenvalue weighted by Crippen LogP contribution is -2.33. The maximum absolute atomic E-state index is 11.4. The van der Waals surface area contributed by atoms with Gasteiger partial charge in [0.25, 0.3) is 0 Å². The molecule has 0 radical (unpaired) electrons. The summed E-state index contributed by atoms with van der Waals surface area (Å²) in [7, 11) is -2.89. The molecule has 84 valence electrons. The van der Waals surface area contributed by atoms with Gasteiger partial charge in [0.05, 0.1) is 5.75 Å². The summed E-state index contributed by atoms with van der Waals surface area (Å²) in [6.45, 7) is 5.25. The van der Waals surface area contributed by atoms with Crippen LogP contribution in [0.1, 0.15) is 26.2 Å². The predicted molar refractivity (Wildman–Crippen MR) is 57.8 cm³/mol. The van der Waals surface area contributed by atoms with Crippen molar-refractivity contribution in [1.29, 1.82) is 0 Å². The quantitative estimate of drug-likeness (QED) is 0.660. The summed E-state index contributed by atoms with van der Waals surface area (Å²) in [5.74, 6) is 0.335. The Morgan fingerprint density at radius 3 is 2.71 bits per heavy atom. The first kappa shape index (κ1) is 11.9. The molecule has 1 N–H and O–H groups in total. The predicted octanol–water partition coefficient (Wildman–Crippen LogP) is 0.412. The fourth-order valence-corrected chi connectivity index (χ4v) is 3.10. The molecule has 1 heterocycles. The van der Waals surface area contributed by atoms with Crippen molar-refractivity contribution in [2.45, 2.75) is 26.2 Å². The van der Waals surface area contributed by atoms with Crippen LogP contribution in [0, 0.1) is 0 Å². The van der Waals surface area contributed by atoms with Crippen LogP contribution < -0.4 is 5.32 Å². The third-order valence-corrected chi connectivity index (χ3v) is 4.40. The largest absolute Gasteiger partial charge is 0.315 e. The number of nitrogens with one attached hydrogen (secondary N) is 1. The third kappa shape index (κ3) is 3.55. The van der Waals surface area contributed by atoms with Crippen LogP contribution in [0.3, 0.4) is 0 Å². The van der Waals surface area contributed by atoms with E-state index in [4.69, 9.17) is 0 Å². The molecule has 0 spiro atoms. The van der Waals surface area contributed by atoms with Gasteiger partial charge < -0.3 is 5.32 Å². The van der Waals surface area contributed by atoms with E-state index in [2.05, 4.69) is 12.2 Å². The summed E-state index contributed by atoms with van der Waals surface area (Å²) in [4.78, 5) is 0. The summed E-state index contributed by atoms with van der Waals surface area (Å²) in [6, 6.07) is 0. The molecule has 0 unspecified atom stereocenters. The summed E-state index contributed by atoms with van der Waals surface area (Å²) < 4.78 is 24.3. The Hall–Kier alpha value is -0.130. The molecule has 4 nitrogen and oxygen atoms in total. The first-order valence-corrected chi connectivity index (χ1v) is 6.96. The van der Waals surface area contributed by atoms with Gasteiger partial charge >= 0.3 is 0 Å². The highest BCUT2D eigenvalue weighted by Gasteiger charge is 2.27. The molecular formula is C9H20N2O2S. The van der Waals surface area contributed by atoms with Crippen molar-refractivity contribution < 1.29 is 8.42 Å². The van der Waals surface area contributed by atoms with Crippen LogP contribution in [-0.4, -0.2) is 44.7 Å². The standard InChI is InChI=1S/C9H20N2O2S/c1-2-3-5-10-6-8-11-7-4-9-14(11,12)13/h10H,2-9H2,1H3. The van der Waals surface area contributed by atoms with Crippen LogP contribution in [0.4, 0.5) is 0 Å². The average molecular weight is 220 g/mol. The lowest BCUT2D eigenvalue weighted by molar-refractivity contribution is 0.433. The number of hydrogen-bond acceptors (Lipinski definition) is 3. The van der Waals surface area contributed by atoms with Crippen molar-refractivity contribution in [2.75, 3.05) is 31.9 Å². The maximum Gasteiger partial charge on any atom is 0.214 e. The molecule has 1 aliphatic heterocycles. The molecule has 0 aromatic heterocycles. The number of unbranched alkanes of at least 4 members (excludes halogenated alkanes) is 1. The Labute approximate surface area is 86.7 Å². The van der Waals surface area contributed by atoms with Crippen LogP contribution in [-0.2, 0) is 10.0 Å². The molecule has 0 atom stereocenters. The molecular weight excluding hydrogens is 200 g/mol. The lowest BCUT2D eigenvalue weighted by Gasteiger charge is -2.14. The van der Waals surface area contributed by atoms with E-state index in [1.807, 2.05) is 0 Å². The number of sulfonamides is 1. The van der Waals surface area contributed by atoms with Gasteiger partial charge in [-0.2, -0.15) is 0 Å². The van der Waals surface area contributed by atoms with Crippen LogP contribution in [0.2, 0.25) is 0 Å². The Balaban J connectivity index is 2.13. The van der Waals surface area contributed by atoms with Crippen molar-refractivity contribution in [3.8, 4) is 0 Å². The van der Waals surface area contributed by atoms with Gasteiger partial charge in [-0.1, -0.05) is 13.3 Å². The van der Waals surface area contributed by atoms with Crippen LogP contribution in [0.5, 0.6) is 0 Å². The Morgan fingerprint density at radius 1 is 1.36 bits per heavy atom. The molecule has 1 aliphatic rings. The van der Waals surface area contributed by atoms with Gasteiger partial charge in [-0.3, -0.25) is 0 Å². The molecule has 14 heavy (non-hydrogen) atoms. The van der Waals surface area contributed by atoms with Gasteiger partial charge in [0.15, 0.2) is 0 Å². The van der Waals surface area contributed by atoms with Gasteiger partial charge in [-0.05, 0) is 19.4 Å². The summed E-state index contributed by atoms with van der Waals surface area (Å²) in [5, 5.41) is 3.24. The minimum atomic E-state index is -2.89. The van der Waals surface area contributed by atoms with Gasteiger partial charge in [0, 0.05) is 19.6 Å². The molecule has 1 fully saturated rings. The van der Waals surface area contributed by atoms with E-state index in [-0.39, 0.29) is 0 Å². The van der Waals surface area contributed by atoms with Gasteiger partial charge in [0.2, 0.25) is 10.0 Å². The normalized spacial score (nSPS) is 21.5. The SMILES string of the molecule is CCCCNCCN1CCCS1(=O)=O. The second-order valence-corrected chi connectivity index (χ2v) is 5.76. The highest BCUT2D eigenvalue weighted by molar-refractivity contribution is 7.89. The van der Waals surface area contributed by atoms with E-state index in [1.54, 1.807) is 4.31 Å². The van der Waals surface area contributed by atoms with E-state index in [1.165, 1.54) is 6.42 Å². The summed E-state index contributed by atoms with van der Waals surface area (Å²) in [6.07, 6.45) is 3.12. The van der Waals surface area contributed by atoms with Crippen molar-refractivity contribution in [2.24, 2.45) is 0 Å². The van der Waals surface area contributed by atoms with Gasteiger partial charge in [-0.25, -0.2) is 12.7 Å². The van der Waals surface area contributed by atoms with E-state index in [0.29, 0.717) is 18.8 Å². The zero-order valence-corrected chi connectivity index (χ0v) is 9.65. The van der Waals surface area contributed by atoms with Gasteiger partial charge in [0.1, 0.15) is 0 Å². The Bertz CT molecular complexity index is 252.